The molecule has 8 heteroatoms. The Morgan fingerprint density at radius 3 is 2.67 bits per heavy atom. The van der Waals surface area contributed by atoms with Crippen molar-refractivity contribution in [3.63, 3.8) is 0 Å². The number of nitrogens with zero attached hydrogens (tertiary/aromatic N) is 3. The van der Waals surface area contributed by atoms with Crippen molar-refractivity contribution in [2.75, 3.05) is 23.3 Å². The first kappa shape index (κ1) is 20.5. The number of carbonyl (C=O) groups is 1. The van der Waals surface area contributed by atoms with Crippen LogP contribution < -0.4 is 15.5 Å². The molecule has 2 N–H and O–H groups in total. The van der Waals surface area contributed by atoms with E-state index in [0.717, 1.165) is 50.1 Å². The summed E-state index contributed by atoms with van der Waals surface area (Å²) in [6.07, 6.45) is 7.31. The van der Waals surface area contributed by atoms with Crippen molar-refractivity contribution in [2.45, 2.75) is 51.1 Å². The summed E-state index contributed by atoms with van der Waals surface area (Å²) in [7, 11) is 0. The Morgan fingerprint density at radius 1 is 1.10 bits per heavy atom. The summed E-state index contributed by atoms with van der Waals surface area (Å²) in [6.45, 7) is 1.94. The number of benzene rings is 1. The summed E-state index contributed by atoms with van der Waals surface area (Å²) in [5.74, 6) is 0.831. The molecule has 4 rings (SSSR count). The topological polar surface area (TPSA) is 70.2 Å². The Balaban J connectivity index is 1.24. The van der Waals surface area contributed by atoms with Crippen molar-refractivity contribution >= 4 is 17.5 Å². The molecule has 6 nitrogen and oxygen atoms in total. The van der Waals surface area contributed by atoms with Crippen LogP contribution in [-0.4, -0.2) is 35.0 Å². The molecule has 1 aliphatic heterocycles. The predicted molar refractivity (Wildman–Crippen MR) is 111 cm³/mol. The largest absolute Gasteiger partial charge is 0.367 e. The first-order valence-electron chi connectivity index (χ1n) is 10.6. The maximum Gasteiger partial charge on any atom is 0.220 e. The van der Waals surface area contributed by atoms with Crippen LogP contribution in [0.25, 0.3) is 0 Å². The van der Waals surface area contributed by atoms with Gasteiger partial charge >= 0.3 is 0 Å². The third-order valence-corrected chi connectivity index (χ3v) is 5.62. The van der Waals surface area contributed by atoms with Crippen LogP contribution >= 0.6 is 0 Å². The van der Waals surface area contributed by atoms with Gasteiger partial charge in [0.05, 0.1) is 0 Å². The molecule has 0 radical (unpaired) electrons. The first-order chi connectivity index (χ1) is 14.5. The Bertz CT molecular complexity index is 869. The van der Waals surface area contributed by atoms with Gasteiger partial charge in [0.1, 0.15) is 29.6 Å². The van der Waals surface area contributed by atoms with E-state index in [0.29, 0.717) is 23.9 Å². The van der Waals surface area contributed by atoms with Crippen LogP contribution in [0.2, 0.25) is 0 Å². The van der Waals surface area contributed by atoms with Crippen LogP contribution in [-0.2, 0) is 11.3 Å². The zero-order chi connectivity index (χ0) is 20.9. The van der Waals surface area contributed by atoms with E-state index in [9.17, 15) is 13.6 Å². The molecule has 1 amide bonds. The van der Waals surface area contributed by atoms with Gasteiger partial charge in [-0.15, -0.1) is 0 Å². The lowest BCUT2D eigenvalue weighted by Crippen LogP contribution is -2.36. The van der Waals surface area contributed by atoms with E-state index in [1.165, 1.54) is 25.0 Å². The van der Waals surface area contributed by atoms with Crippen molar-refractivity contribution in [1.29, 1.82) is 0 Å². The van der Waals surface area contributed by atoms with Crippen LogP contribution in [0.15, 0.2) is 30.6 Å². The lowest BCUT2D eigenvalue weighted by atomic mass is 9.93. The molecule has 1 saturated carbocycles. The van der Waals surface area contributed by atoms with E-state index in [2.05, 4.69) is 25.5 Å². The second-order valence-electron chi connectivity index (χ2n) is 8.23. The van der Waals surface area contributed by atoms with Crippen LogP contribution in [0.5, 0.6) is 0 Å². The van der Waals surface area contributed by atoms with Crippen molar-refractivity contribution in [3.05, 3.63) is 47.8 Å². The minimum Gasteiger partial charge on any atom is -0.367 e. The molecule has 1 aliphatic carbocycles. The fraction of sp³-hybridized carbons (Fsp3) is 0.500. The number of carbonyl (C=O) groups excluding carboxylic acids is 1. The van der Waals surface area contributed by atoms with Crippen molar-refractivity contribution in [2.24, 2.45) is 5.92 Å². The van der Waals surface area contributed by atoms with Gasteiger partial charge in [-0.3, -0.25) is 4.79 Å². The molecule has 1 aromatic heterocycles. The molecule has 30 heavy (non-hydrogen) atoms. The summed E-state index contributed by atoms with van der Waals surface area (Å²) < 4.78 is 26.5. The predicted octanol–water partition coefficient (Wildman–Crippen LogP) is 3.64. The zero-order valence-corrected chi connectivity index (χ0v) is 16.9. The number of hydrogen-bond acceptors (Lipinski definition) is 5. The molecule has 2 heterocycles. The fourth-order valence-electron chi connectivity index (χ4n) is 3.88. The van der Waals surface area contributed by atoms with Crippen LogP contribution in [0.4, 0.5) is 20.4 Å². The van der Waals surface area contributed by atoms with Crippen molar-refractivity contribution in [3.8, 4) is 0 Å². The molecule has 2 aromatic rings. The third-order valence-electron chi connectivity index (χ3n) is 5.62. The van der Waals surface area contributed by atoms with Gasteiger partial charge in [-0.25, -0.2) is 18.7 Å². The molecule has 2 aliphatic rings. The third kappa shape index (κ3) is 5.87. The van der Waals surface area contributed by atoms with Crippen LogP contribution in [0.1, 0.15) is 44.1 Å². The first-order valence-corrected chi connectivity index (χ1v) is 10.6. The Morgan fingerprint density at radius 2 is 1.90 bits per heavy atom. The number of halogens is 2. The van der Waals surface area contributed by atoms with Gasteiger partial charge in [0.15, 0.2) is 0 Å². The molecular formula is C22H27F2N5O. The maximum absolute atomic E-state index is 13.2. The summed E-state index contributed by atoms with van der Waals surface area (Å²) in [5, 5.41) is 6.16. The highest BCUT2D eigenvalue weighted by Gasteiger charge is 2.24. The van der Waals surface area contributed by atoms with E-state index in [-0.39, 0.29) is 12.5 Å². The molecule has 1 aromatic carbocycles. The molecule has 2 fully saturated rings. The summed E-state index contributed by atoms with van der Waals surface area (Å²) in [4.78, 5) is 23.2. The highest BCUT2D eigenvalue weighted by Crippen LogP contribution is 2.27. The molecule has 0 unspecified atom stereocenters. The number of hydrogen-bond donors (Lipinski definition) is 2. The minimum absolute atomic E-state index is 0.102. The van der Waals surface area contributed by atoms with E-state index in [4.69, 9.17) is 0 Å². The lowest BCUT2D eigenvalue weighted by Gasteiger charge is -2.33. The quantitative estimate of drug-likeness (QED) is 0.689. The second-order valence-corrected chi connectivity index (χ2v) is 8.23. The second kappa shape index (κ2) is 9.36. The Hall–Kier alpha value is -2.77. The van der Waals surface area contributed by atoms with Crippen molar-refractivity contribution in [1.82, 2.24) is 15.3 Å². The van der Waals surface area contributed by atoms with E-state index < -0.39 is 11.6 Å². The average molecular weight is 415 g/mol. The fourth-order valence-corrected chi connectivity index (χ4v) is 3.88. The SMILES string of the molecule is O=C(CC[C@@H]1CCCN(c2cc(NC3CC3)ncn2)C1)NCc1cc(F)cc(F)c1. The number of aromatic nitrogens is 2. The standard InChI is InChI=1S/C22H27F2N5O/c23-17-8-16(9-18(24)10-17)12-25-22(30)6-3-15-2-1-7-29(13-15)21-11-20(26-14-27-21)28-19-4-5-19/h8-11,14-15,19H,1-7,12-13H2,(H,25,30)(H,26,27,28)/t15-/m0/s1. The number of piperidine rings is 1. The van der Waals surface area contributed by atoms with Crippen molar-refractivity contribution < 1.29 is 13.6 Å². The van der Waals surface area contributed by atoms with Gasteiger partial charge in [-0.05, 0) is 55.7 Å². The normalized spacial score (nSPS) is 18.9. The molecular weight excluding hydrogens is 388 g/mol. The number of amides is 1. The summed E-state index contributed by atoms with van der Waals surface area (Å²) in [6, 6.07) is 5.84. The number of anilines is 2. The molecule has 1 saturated heterocycles. The lowest BCUT2D eigenvalue weighted by molar-refractivity contribution is -0.121. The van der Waals surface area contributed by atoms with E-state index in [1.807, 2.05) is 6.07 Å². The molecule has 0 bridgehead atoms. The van der Waals surface area contributed by atoms with Crippen LogP contribution in [0, 0.1) is 17.6 Å². The average Bonchev–Trinajstić information content (AvgIpc) is 3.54. The molecule has 160 valence electrons. The highest BCUT2D eigenvalue weighted by molar-refractivity contribution is 5.75. The zero-order valence-electron chi connectivity index (χ0n) is 16.9. The van der Waals surface area contributed by atoms with Gasteiger partial charge in [0.2, 0.25) is 5.91 Å². The minimum atomic E-state index is -0.637. The smallest absolute Gasteiger partial charge is 0.220 e. The summed E-state index contributed by atoms with van der Waals surface area (Å²) in [5.41, 5.74) is 0.420. The van der Waals surface area contributed by atoms with Gasteiger partial charge in [-0.2, -0.15) is 0 Å². The number of nitrogens with one attached hydrogen (secondary N) is 2. The van der Waals surface area contributed by atoms with Gasteiger partial charge in [0, 0.05) is 44.2 Å². The van der Waals surface area contributed by atoms with E-state index in [1.54, 1.807) is 6.33 Å². The maximum atomic E-state index is 13.2. The monoisotopic (exact) mass is 415 g/mol. The summed E-state index contributed by atoms with van der Waals surface area (Å²) >= 11 is 0. The Kier molecular flexibility index (Phi) is 6.40. The molecule has 1 atom stereocenters. The van der Waals surface area contributed by atoms with E-state index >= 15 is 0 Å². The van der Waals surface area contributed by atoms with Gasteiger partial charge in [0.25, 0.3) is 0 Å². The van der Waals surface area contributed by atoms with Gasteiger partial charge < -0.3 is 15.5 Å². The van der Waals surface area contributed by atoms with Crippen LogP contribution in [0.3, 0.4) is 0 Å². The highest BCUT2D eigenvalue weighted by atomic mass is 19.1. The van der Waals surface area contributed by atoms with Gasteiger partial charge in [-0.1, -0.05) is 0 Å². The molecule has 0 spiro atoms. The Labute approximate surface area is 175 Å². The number of rotatable bonds is 8.